The van der Waals surface area contributed by atoms with Crippen molar-refractivity contribution in [3.8, 4) is 44.5 Å². The molecular formula is C56H37NO. The van der Waals surface area contributed by atoms with E-state index < -0.39 is 0 Å². The first kappa shape index (κ1) is 33.6. The van der Waals surface area contributed by atoms with Crippen LogP contribution in [0, 0.1) is 0 Å². The molecule has 0 fully saturated rings. The van der Waals surface area contributed by atoms with Crippen molar-refractivity contribution in [1.82, 2.24) is 0 Å². The molecule has 272 valence electrons. The average molecular weight is 740 g/mol. The van der Waals surface area contributed by atoms with E-state index in [4.69, 9.17) is 4.42 Å². The number of benzene rings is 10. The SMILES string of the molecule is c1ccc(-c2cc(-c3cccc4ccccc34)ccc2-c2ccc(N(c3ccc(-c4cccc5ccccc45)cc3)c3cccc4oc5ccccc5c34)cc2)cc1. The maximum Gasteiger partial charge on any atom is 0.137 e. The van der Waals surface area contributed by atoms with E-state index in [1.54, 1.807) is 0 Å². The van der Waals surface area contributed by atoms with Crippen molar-refractivity contribution in [2.24, 2.45) is 0 Å². The highest BCUT2D eigenvalue weighted by atomic mass is 16.3. The highest BCUT2D eigenvalue weighted by Crippen LogP contribution is 2.45. The van der Waals surface area contributed by atoms with E-state index in [0.29, 0.717) is 0 Å². The van der Waals surface area contributed by atoms with Crippen LogP contribution in [-0.4, -0.2) is 0 Å². The summed E-state index contributed by atoms with van der Waals surface area (Å²) in [6, 6.07) is 80.7. The van der Waals surface area contributed by atoms with Gasteiger partial charge in [0.2, 0.25) is 0 Å². The standard InChI is InChI=1S/C56H37NO/c1-2-13-40(14-3-1)52-37-43(49-23-11-18-39-16-5-7-20-47(39)49)31-36-50(52)42-29-34-45(35-30-42)57(53-24-12-26-55-56(53)51-21-8-9-25-54(51)58-55)44-32-27-41(28-33-44)48-22-10-17-38-15-4-6-19-46(38)48/h1-37H. The number of hydrogen-bond donors (Lipinski definition) is 0. The lowest BCUT2D eigenvalue weighted by atomic mass is 9.89. The molecule has 0 aliphatic heterocycles. The predicted octanol–water partition coefficient (Wildman–Crippen LogP) is 16.0. The zero-order valence-electron chi connectivity index (χ0n) is 31.7. The van der Waals surface area contributed by atoms with Crippen molar-refractivity contribution >= 4 is 60.5 Å². The van der Waals surface area contributed by atoms with Gasteiger partial charge in [0.05, 0.1) is 11.1 Å². The fourth-order valence-corrected chi connectivity index (χ4v) is 8.72. The van der Waals surface area contributed by atoms with Crippen LogP contribution in [0.15, 0.2) is 229 Å². The van der Waals surface area contributed by atoms with E-state index in [9.17, 15) is 0 Å². The van der Waals surface area contributed by atoms with Gasteiger partial charge >= 0.3 is 0 Å². The lowest BCUT2D eigenvalue weighted by Crippen LogP contribution is -2.10. The Kier molecular flexibility index (Phi) is 8.19. The van der Waals surface area contributed by atoms with Gasteiger partial charge in [0.1, 0.15) is 11.2 Å². The van der Waals surface area contributed by atoms with E-state index in [1.165, 1.54) is 60.5 Å². The Labute approximate surface area is 337 Å². The van der Waals surface area contributed by atoms with Gasteiger partial charge in [0.15, 0.2) is 0 Å². The van der Waals surface area contributed by atoms with Crippen molar-refractivity contribution < 1.29 is 4.42 Å². The molecule has 0 spiro atoms. The molecule has 2 nitrogen and oxygen atoms in total. The molecule has 0 radical (unpaired) electrons. The first-order chi connectivity index (χ1) is 28.8. The van der Waals surface area contributed by atoms with E-state index in [-0.39, 0.29) is 0 Å². The Hall–Kier alpha value is -7.68. The van der Waals surface area contributed by atoms with E-state index in [2.05, 4.69) is 217 Å². The first-order valence-electron chi connectivity index (χ1n) is 19.8. The average Bonchev–Trinajstić information content (AvgIpc) is 3.69. The third kappa shape index (κ3) is 5.82. The summed E-state index contributed by atoms with van der Waals surface area (Å²) in [5.74, 6) is 0. The Morgan fingerprint density at radius 2 is 0.776 bits per heavy atom. The quantitative estimate of drug-likeness (QED) is 0.162. The largest absolute Gasteiger partial charge is 0.456 e. The topological polar surface area (TPSA) is 16.4 Å². The van der Waals surface area contributed by atoms with Crippen molar-refractivity contribution in [3.63, 3.8) is 0 Å². The zero-order chi connectivity index (χ0) is 38.4. The van der Waals surface area contributed by atoms with Crippen LogP contribution < -0.4 is 4.90 Å². The highest BCUT2D eigenvalue weighted by molar-refractivity contribution is 6.13. The van der Waals surface area contributed by atoms with Gasteiger partial charge in [-0.25, -0.2) is 0 Å². The van der Waals surface area contributed by atoms with Crippen molar-refractivity contribution in [1.29, 1.82) is 0 Å². The zero-order valence-corrected chi connectivity index (χ0v) is 31.7. The number of furan rings is 1. The normalized spacial score (nSPS) is 11.4. The maximum atomic E-state index is 6.40. The predicted molar refractivity (Wildman–Crippen MR) is 245 cm³/mol. The highest BCUT2D eigenvalue weighted by Gasteiger charge is 2.20. The smallest absolute Gasteiger partial charge is 0.137 e. The molecule has 11 rings (SSSR count). The molecule has 0 aliphatic rings. The monoisotopic (exact) mass is 739 g/mol. The molecule has 0 atom stereocenters. The third-order valence-corrected chi connectivity index (χ3v) is 11.5. The molecule has 11 aromatic rings. The number of hydrogen-bond acceptors (Lipinski definition) is 2. The second-order valence-corrected chi connectivity index (χ2v) is 14.9. The van der Waals surface area contributed by atoms with E-state index in [1.807, 2.05) is 12.1 Å². The molecule has 0 N–H and O–H groups in total. The molecule has 0 amide bonds. The van der Waals surface area contributed by atoms with Gasteiger partial charge in [-0.05, 0) is 115 Å². The van der Waals surface area contributed by atoms with Crippen LogP contribution in [0.5, 0.6) is 0 Å². The number of anilines is 3. The second-order valence-electron chi connectivity index (χ2n) is 14.9. The minimum absolute atomic E-state index is 0.867. The molecule has 10 aromatic carbocycles. The lowest BCUT2D eigenvalue weighted by Gasteiger charge is -2.27. The molecule has 0 saturated carbocycles. The first-order valence-corrected chi connectivity index (χ1v) is 19.8. The van der Waals surface area contributed by atoms with Crippen LogP contribution in [0.25, 0.3) is 88.0 Å². The van der Waals surface area contributed by atoms with Crippen LogP contribution in [0.2, 0.25) is 0 Å². The molecule has 2 heteroatoms. The van der Waals surface area contributed by atoms with Crippen LogP contribution in [-0.2, 0) is 0 Å². The summed E-state index contributed by atoms with van der Waals surface area (Å²) in [5, 5.41) is 7.18. The van der Waals surface area contributed by atoms with Crippen molar-refractivity contribution in [2.75, 3.05) is 4.90 Å². The molecule has 1 aromatic heterocycles. The van der Waals surface area contributed by atoms with Crippen LogP contribution in [0.3, 0.4) is 0 Å². The fraction of sp³-hybridized carbons (Fsp3) is 0. The van der Waals surface area contributed by atoms with Gasteiger partial charge in [-0.15, -0.1) is 0 Å². The summed E-state index contributed by atoms with van der Waals surface area (Å²) >= 11 is 0. The molecule has 58 heavy (non-hydrogen) atoms. The van der Waals surface area contributed by atoms with Gasteiger partial charge < -0.3 is 9.32 Å². The minimum atomic E-state index is 0.867. The minimum Gasteiger partial charge on any atom is -0.456 e. The van der Waals surface area contributed by atoms with Crippen molar-refractivity contribution in [3.05, 3.63) is 224 Å². The molecule has 0 bridgehead atoms. The molecule has 1 heterocycles. The summed E-state index contributed by atoms with van der Waals surface area (Å²) in [5.41, 5.74) is 14.5. The molecule has 0 saturated heterocycles. The second kappa shape index (κ2) is 14.1. The molecule has 0 unspecified atom stereocenters. The summed E-state index contributed by atoms with van der Waals surface area (Å²) in [6.45, 7) is 0. The number of fused-ring (bicyclic) bond motifs is 5. The van der Waals surface area contributed by atoms with Gasteiger partial charge in [0, 0.05) is 16.8 Å². The van der Waals surface area contributed by atoms with Gasteiger partial charge in [-0.2, -0.15) is 0 Å². The number of para-hydroxylation sites is 1. The number of rotatable bonds is 7. The Balaban J connectivity index is 1.05. The van der Waals surface area contributed by atoms with Crippen molar-refractivity contribution in [2.45, 2.75) is 0 Å². The molecule has 0 aliphatic carbocycles. The molecular weight excluding hydrogens is 703 g/mol. The fourth-order valence-electron chi connectivity index (χ4n) is 8.72. The van der Waals surface area contributed by atoms with E-state index in [0.717, 1.165) is 44.6 Å². The van der Waals surface area contributed by atoms with Crippen LogP contribution >= 0.6 is 0 Å². The van der Waals surface area contributed by atoms with Gasteiger partial charge in [-0.1, -0.05) is 176 Å². The van der Waals surface area contributed by atoms with Crippen LogP contribution in [0.4, 0.5) is 17.1 Å². The Morgan fingerprint density at radius 3 is 1.45 bits per heavy atom. The Bertz CT molecular complexity index is 3260. The van der Waals surface area contributed by atoms with E-state index >= 15 is 0 Å². The maximum absolute atomic E-state index is 6.40. The third-order valence-electron chi connectivity index (χ3n) is 11.5. The summed E-state index contributed by atoms with van der Waals surface area (Å²) in [4.78, 5) is 2.36. The summed E-state index contributed by atoms with van der Waals surface area (Å²) in [7, 11) is 0. The summed E-state index contributed by atoms with van der Waals surface area (Å²) < 4.78 is 6.40. The number of nitrogens with zero attached hydrogens (tertiary/aromatic N) is 1. The lowest BCUT2D eigenvalue weighted by molar-refractivity contribution is 0.669. The summed E-state index contributed by atoms with van der Waals surface area (Å²) in [6.07, 6.45) is 0. The Morgan fingerprint density at radius 1 is 0.293 bits per heavy atom. The van der Waals surface area contributed by atoms with Crippen LogP contribution in [0.1, 0.15) is 0 Å². The van der Waals surface area contributed by atoms with Gasteiger partial charge in [-0.3, -0.25) is 0 Å². The van der Waals surface area contributed by atoms with Gasteiger partial charge in [0.25, 0.3) is 0 Å².